The molecule has 17 heavy (non-hydrogen) atoms. The van der Waals surface area contributed by atoms with Gasteiger partial charge in [-0.3, -0.25) is 4.84 Å². The lowest BCUT2D eigenvalue weighted by Crippen LogP contribution is -2.26. The molecule has 0 saturated heterocycles. The number of nitrogens with one attached hydrogen (secondary N) is 1. The summed E-state index contributed by atoms with van der Waals surface area (Å²) in [6, 6.07) is 9.46. The molecule has 1 N–H and O–H groups in total. The number of sulfonamides is 1. The van der Waals surface area contributed by atoms with Crippen LogP contribution in [0.15, 0.2) is 30.3 Å². The standard InChI is InChI=1S/C12H17NO3S/c14-17(15,9-8-11-6-7-11)13-16-10-12-4-2-1-3-5-12/h1-5,11,13H,6-10H2. The zero-order valence-corrected chi connectivity index (χ0v) is 10.4. The minimum Gasteiger partial charge on any atom is -0.282 e. The van der Waals surface area contributed by atoms with E-state index in [-0.39, 0.29) is 12.4 Å². The van der Waals surface area contributed by atoms with Crippen LogP contribution in [0.3, 0.4) is 0 Å². The van der Waals surface area contributed by atoms with Crippen LogP contribution in [-0.4, -0.2) is 14.2 Å². The summed E-state index contributed by atoms with van der Waals surface area (Å²) in [5.74, 6) is 0.771. The van der Waals surface area contributed by atoms with Gasteiger partial charge >= 0.3 is 0 Å². The van der Waals surface area contributed by atoms with Crippen LogP contribution in [0, 0.1) is 5.92 Å². The Bertz CT molecular complexity index is 440. The Kier molecular flexibility index (Phi) is 4.15. The van der Waals surface area contributed by atoms with E-state index in [1.54, 1.807) is 0 Å². The van der Waals surface area contributed by atoms with Gasteiger partial charge in [0.2, 0.25) is 10.0 Å². The first-order valence-electron chi connectivity index (χ1n) is 5.81. The molecule has 0 heterocycles. The average molecular weight is 255 g/mol. The smallest absolute Gasteiger partial charge is 0.233 e. The predicted octanol–water partition coefficient (Wildman–Crippen LogP) is 1.84. The Balaban J connectivity index is 1.69. The number of benzene rings is 1. The van der Waals surface area contributed by atoms with Crippen molar-refractivity contribution in [3.8, 4) is 0 Å². The molecule has 0 amide bonds. The Labute approximate surface area is 102 Å². The highest BCUT2D eigenvalue weighted by Gasteiger charge is 2.23. The third-order valence-corrected chi connectivity index (χ3v) is 3.90. The molecule has 5 heteroatoms. The van der Waals surface area contributed by atoms with Crippen molar-refractivity contribution >= 4 is 10.0 Å². The molecule has 1 aromatic carbocycles. The Morgan fingerprint density at radius 3 is 2.59 bits per heavy atom. The highest BCUT2D eigenvalue weighted by Crippen LogP contribution is 2.32. The summed E-state index contributed by atoms with van der Waals surface area (Å²) in [7, 11) is -3.28. The molecule has 0 atom stereocenters. The zero-order chi connectivity index (χ0) is 12.1. The maximum Gasteiger partial charge on any atom is 0.233 e. The van der Waals surface area contributed by atoms with Gasteiger partial charge in [-0.15, -0.1) is 0 Å². The summed E-state index contributed by atoms with van der Waals surface area (Å²) in [6.07, 6.45) is 3.07. The van der Waals surface area contributed by atoms with E-state index in [9.17, 15) is 8.42 Å². The molecule has 0 aliphatic heterocycles. The number of hydrogen-bond acceptors (Lipinski definition) is 3. The first-order valence-corrected chi connectivity index (χ1v) is 7.46. The van der Waals surface area contributed by atoms with Gasteiger partial charge in [0.1, 0.15) is 0 Å². The molecule has 1 fully saturated rings. The Morgan fingerprint density at radius 2 is 1.94 bits per heavy atom. The third-order valence-electron chi connectivity index (χ3n) is 2.76. The molecule has 4 nitrogen and oxygen atoms in total. The second-order valence-electron chi connectivity index (χ2n) is 4.41. The highest BCUT2D eigenvalue weighted by atomic mass is 32.2. The van der Waals surface area contributed by atoms with Crippen LogP contribution in [0.1, 0.15) is 24.8 Å². The molecular weight excluding hydrogens is 238 g/mol. The number of hydrogen-bond donors (Lipinski definition) is 1. The Hall–Kier alpha value is -0.910. The van der Waals surface area contributed by atoms with Gasteiger partial charge in [-0.1, -0.05) is 48.1 Å². The van der Waals surface area contributed by atoms with Crippen molar-refractivity contribution in [2.75, 3.05) is 5.75 Å². The van der Waals surface area contributed by atoms with Crippen molar-refractivity contribution in [3.63, 3.8) is 0 Å². The van der Waals surface area contributed by atoms with E-state index in [1.807, 2.05) is 30.3 Å². The maximum absolute atomic E-state index is 11.5. The molecule has 94 valence electrons. The van der Waals surface area contributed by atoms with Crippen molar-refractivity contribution in [2.45, 2.75) is 25.9 Å². The van der Waals surface area contributed by atoms with Gasteiger partial charge in [0.25, 0.3) is 0 Å². The fraction of sp³-hybridized carbons (Fsp3) is 0.500. The predicted molar refractivity (Wildman–Crippen MR) is 65.5 cm³/mol. The molecule has 0 bridgehead atoms. The normalized spacial score (nSPS) is 16.0. The zero-order valence-electron chi connectivity index (χ0n) is 9.63. The van der Waals surface area contributed by atoms with Crippen LogP contribution in [0.4, 0.5) is 0 Å². The van der Waals surface area contributed by atoms with E-state index in [2.05, 4.69) is 4.89 Å². The second kappa shape index (κ2) is 5.62. The number of rotatable bonds is 7. The first kappa shape index (κ1) is 12.5. The van der Waals surface area contributed by atoms with Crippen LogP contribution >= 0.6 is 0 Å². The van der Waals surface area contributed by atoms with Crippen LogP contribution in [0.5, 0.6) is 0 Å². The van der Waals surface area contributed by atoms with Crippen LogP contribution < -0.4 is 4.89 Å². The Morgan fingerprint density at radius 1 is 1.24 bits per heavy atom. The van der Waals surface area contributed by atoms with Gasteiger partial charge in [-0.05, 0) is 17.9 Å². The molecule has 0 radical (unpaired) electrons. The van der Waals surface area contributed by atoms with Gasteiger partial charge in [-0.25, -0.2) is 8.42 Å². The first-order chi connectivity index (χ1) is 8.16. The van der Waals surface area contributed by atoms with E-state index < -0.39 is 10.0 Å². The molecule has 0 unspecified atom stereocenters. The quantitative estimate of drug-likeness (QED) is 0.756. The van der Waals surface area contributed by atoms with Gasteiger partial charge in [0, 0.05) is 0 Å². The fourth-order valence-electron chi connectivity index (χ4n) is 1.55. The summed E-state index contributed by atoms with van der Waals surface area (Å²) in [5, 5.41) is 0. The highest BCUT2D eigenvalue weighted by molar-refractivity contribution is 7.89. The van der Waals surface area contributed by atoms with Gasteiger partial charge in [0.05, 0.1) is 12.4 Å². The van der Waals surface area contributed by atoms with E-state index in [0.29, 0.717) is 5.92 Å². The minimum atomic E-state index is -3.28. The summed E-state index contributed by atoms with van der Waals surface area (Å²) < 4.78 is 23.0. The lowest BCUT2D eigenvalue weighted by Gasteiger charge is -2.06. The van der Waals surface area contributed by atoms with Crippen LogP contribution in [-0.2, 0) is 21.5 Å². The van der Waals surface area contributed by atoms with Gasteiger partial charge < -0.3 is 0 Å². The average Bonchev–Trinajstić information content (AvgIpc) is 3.12. The molecule has 1 aliphatic carbocycles. The summed E-state index contributed by atoms with van der Waals surface area (Å²) in [4.78, 5) is 7.16. The van der Waals surface area contributed by atoms with Crippen LogP contribution in [0.2, 0.25) is 0 Å². The lowest BCUT2D eigenvalue weighted by molar-refractivity contribution is 0.0795. The van der Waals surface area contributed by atoms with Crippen LogP contribution in [0.25, 0.3) is 0 Å². The fourth-order valence-corrected chi connectivity index (χ4v) is 2.51. The van der Waals surface area contributed by atoms with Crippen molar-refractivity contribution < 1.29 is 13.3 Å². The van der Waals surface area contributed by atoms with Crippen molar-refractivity contribution in [1.29, 1.82) is 0 Å². The van der Waals surface area contributed by atoms with E-state index in [0.717, 1.165) is 12.0 Å². The van der Waals surface area contributed by atoms with Gasteiger partial charge in [0.15, 0.2) is 0 Å². The molecule has 1 aliphatic rings. The maximum atomic E-state index is 11.5. The third kappa shape index (κ3) is 4.85. The second-order valence-corrected chi connectivity index (χ2v) is 6.21. The largest absolute Gasteiger partial charge is 0.282 e. The van der Waals surface area contributed by atoms with Gasteiger partial charge in [-0.2, -0.15) is 0 Å². The molecular formula is C12H17NO3S. The van der Waals surface area contributed by atoms with E-state index in [4.69, 9.17) is 4.84 Å². The summed E-state index contributed by atoms with van der Waals surface area (Å²) in [6.45, 7) is 0.253. The lowest BCUT2D eigenvalue weighted by atomic mass is 10.2. The monoisotopic (exact) mass is 255 g/mol. The van der Waals surface area contributed by atoms with E-state index >= 15 is 0 Å². The van der Waals surface area contributed by atoms with E-state index in [1.165, 1.54) is 12.8 Å². The molecule has 1 saturated carbocycles. The van der Waals surface area contributed by atoms with Crippen molar-refractivity contribution in [3.05, 3.63) is 35.9 Å². The molecule has 0 aromatic heterocycles. The molecule has 2 rings (SSSR count). The van der Waals surface area contributed by atoms with Crippen molar-refractivity contribution in [1.82, 2.24) is 4.89 Å². The topological polar surface area (TPSA) is 55.4 Å². The summed E-state index contributed by atoms with van der Waals surface area (Å²) >= 11 is 0. The minimum absolute atomic E-state index is 0.159. The van der Waals surface area contributed by atoms with Crippen molar-refractivity contribution in [2.24, 2.45) is 5.92 Å². The molecule has 0 spiro atoms. The SMILES string of the molecule is O=S(=O)(CCC1CC1)NOCc1ccccc1. The summed E-state index contributed by atoms with van der Waals surface area (Å²) in [5.41, 5.74) is 0.942. The molecule has 1 aromatic rings.